The number of nitrogens with one attached hydrogen (secondary N) is 1. The van der Waals surface area contributed by atoms with Crippen LogP contribution in [-0.4, -0.2) is 55.5 Å². The standard InChI is InChI=1S/C17H34N2O3/c1-6-8-15-13-14(9-12-21-15)18-10-7-11-19(5)16(20)22-17(2,3)4/h14-15,18H,6-13H2,1-5H3. The largest absolute Gasteiger partial charge is 0.444 e. The number of nitrogens with zero attached hydrogens (tertiary/aromatic N) is 1. The first-order valence-electron chi connectivity index (χ1n) is 8.61. The molecule has 5 nitrogen and oxygen atoms in total. The summed E-state index contributed by atoms with van der Waals surface area (Å²) < 4.78 is 11.1. The fourth-order valence-electron chi connectivity index (χ4n) is 2.64. The molecule has 1 saturated heterocycles. The molecule has 0 radical (unpaired) electrons. The molecule has 0 bridgehead atoms. The Bertz CT molecular complexity index is 326. The van der Waals surface area contributed by atoms with E-state index in [1.165, 1.54) is 6.42 Å². The van der Waals surface area contributed by atoms with Crippen molar-refractivity contribution in [3.8, 4) is 0 Å². The van der Waals surface area contributed by atoms with E-state index in [1.807, 2.05) is 20.8 Å². The molecule has 0 aliphatic carbocycles. The molecule has 130 valence electrons. The summed E-state index contributed by atoms with van der Waals surface area (Å²) in [5.74, 6) is 0. The maximum atomic E-state index is 11.8. The van der Waals surface area contributed by atoms with E-state index in [-0.39, 0.29) is 6.09 Å². The van der Waals surface area contributed by atoms with Crippen LogP contribution in [0.25, 0.3) is 0 Å². The van der Waals surface area contributed by atoms with Crippen LogP contribution in [0, 0.1) is 0 Å². The lowest BCUT2D eigenvalue weighted by Crippen LogP contribution is -2.40. The summed E-state index contributed by atoms with van der Waals surface area (Å²) in [6.45, 7) is 10.4. The van der Waals surface area contributed by atoms with Crippen LogP contribution >= 0.6 is 0 Å². The molecule has 0 aromatic carbocycles. The molecule has 0 saturated carbocycles. The fourth-order valence-corrected chi connectivity index (χ4v) is 2.64. The lowest BCUT2D eigenvalue weighted by atomic mass is 10.00. The topological polar surface area (TPSA) is 50.8 Å². The summed E-state index contributed by atoms with van der Waals surface area (Å²) >= 11 is 0. The third-order valence-corrected chi connectivity index (χ3v) is 3.79. The minimum atomic E-state index is -0.431. The zero-order chi connectivity index (χ0) is 16.6. The van der Waals surface area contributed by atoms with Crippen molar-refractivity contribution in [2.45, 2.75) is 77.5 Å². The van der Waals surface area contributed by atoms with Gasteiger partial charge in [0.25, 0.3) is 0 Å². The highest BCUT2D eigenvalue weighted by Gasteiger charge is 2.22. The van der Waals surface area contributed by atoms with Crippen molar-refractivity contribution < 1.29 is 14.3 Å². The first kappa shape index (κ1) is 19.2. The molecule has 1 N–H and O–H groups in total. The zero-order valence-electron chi connectivity index (χ0n) is 15.0. The first-order chi connectivity index (χ1) is 10.3. The monoisotopic (exact) mass is 314 g/mol. The number of rotatable bonds is 7. The molecule has 0 aromatic heterocycles. The molecular weight excluding hydrogens is 280 g/mol. The van der Waals surface area contributed by atoms with Crippen molar-refractivity contribution in [2.75, 3.05) is 26.7 Å². The van der Waals surface area contributed by atoms with Crippen LogP contribution in [-0.2, 0) is 9.47 Å². The molecule has 1 rings (SSSR count). The van der Waals surface area contributed by atoms with Gasteiger partial charge in [0.2, 0.25) is 0 Å². The predicted molar refractivity (Wildman–Crippen MR) is 89.2 cm³/mol. The Morgan fingerprint density at radius 1 is 1.41 bits per heavy atom. The number of hydrogen-bond acceptors (Lipinski definition) is 4. The third kappa shape index (κ3) is 7.99. The normalized spacial score (nSPS) is 22.4. The molecule has 2 atom stereocenters. The van der Waals surface area contributed by atoms with Crippen molar-refractivity contribution in [1.82, 2.24) is 10.2 Å². The Hall–Kier alpha value is -0.810. The van der Waals surface area contributed by atoms with E-state index >= 15 is 0 Å². The van der Waals surface area contributed by atoms with Crippen molar-refractivity contribution in [3.05, 3.63) is 0 Å². The van der Waals surface area contributed by atoms with Gasteiger partial charge < -0.3 is 19.7 Å². The first-order valence-corrected chi connectivity index (χ1v) is 8.61. The Morgan fingerprint density at radius 2 is 2.14 bits per heavy atom. The van der Waals surface area contributed by atoms with E-state index in [0.29, 0.717) is 18.7 Å². The van der Waals surface area contributed by atoms with Gasteiger partial charge in [-0.25, -0.2) is 4.79 Å². The number of amides is 1. The molecule has 22 heavy (non-hydrogen) atoms. The molecule has 0 aromatic rings. The Balaban J connectivity index is 2.15. The Kier molecular flexibility index (Phi) is 8.18. The second kappa shape index (κ2) is 9.36. The van der Waals surface area contributed by atoms with Crippen LogP contribution in [0.4, 0.5) is 4.79 Å². The van der Waals surface area contributed by atoms with Crippen LogP contribution < -0.4 is 5.32 Å². The van der Waals surface area contributed by atoms with Gasteiger partial charge >= 0.3 is 6.09 Å². The van der Waals surface area contributed by atoms with Gasteiger partial charge in [-0.05, 0) is 53.0 Å². The second-order valence-corrected chi connectivity index (χ2v) is 7.21. The van der Waals surface area contributed by atoms with Crippen LogP contribution in [0.5, 0.6) is 0 Å². The molecule has 5 heteroatoms. The van der Waals surface area contributed by atoms with Gasteiger partial charge in [0.15, 0.2) is 0 Å². The molecular formula is C17H34N2O3. The quantitative estimate of drug-likeness (QED) is 0.733. The lowest BCUT2D eigenvalue weighted by Gasteiger charge is -2.30. The Labute approximate surface area is 135 Å². The van der Waals surface area contributed by atoms with Gasteiger partial charge in [-0.2, -0.15) is 0 Å². The summed E-state index contributed by atoms with van der Waals surface area (Å²) in [6.07, 6.45) is 5.63. The number of ether oxygens (including phenoxy) is 2. The zero-order valence-corrected chi connectivity index (χ0v) is 15.0. The number of carbonyl (C=O) groups is 1. The maximum absolute atomic E-state index is 11.8. The van der Waals surface area contributed by atoms with E-state index in [9.17, 15) is 4.79 Å². The SMILES string of the molecule is CCCC1CC(NCCCN(C)C(=O)OC(C)(C)C)CCO1. The van der Waals surface area contributed by atoms with E-state index < -0.39 is 5.60 Å². The van der Waals surface area contributed by atoms with Crippen molar-refractivity contribution in [1.29, 1.82) is 0 Å². The van der Waals surface area contributed by atoms with E-state index in [4.69, 9.17) is 9.47 Å². The Morgan fingerprint density at radius 3 is 2.77 bits per heavy atom. The van der Waals surface area contributed by atoms with E-state index in [2.05, 4.69) is 12.2 Å². The summed E-state index contributed by atoms with van der Waals surface area (Å²) in [4.78, 5) is 13.5. The van der Waals surface area contributed by atoms with E-state index in [0.717, 1.165) is 38.8 Å². The summed E-state index contributed by atoms with van der Waals surface area (Å²) in [5.41, 5.74) is -0.431. The molecule has 1 fully saturated rings. The van der Waals surface area contributed by atoms with Gasteiger partial charge in [0.05, 0.1) is 6.10 Å². The smallest absolute Gasteiger partial charge is 0.410 e. The average Bonchev–Trinajstić information content (AvgIpc) is 2.42. The van der Waals surface area contributed by atoms with E-state index in [1.54, 1.807) is 11.9 Å². The molecule has 1 aliphatic rings. The number of hydrogen-bond donors (Lipinski definition) is 1. The summed E-state index contributed by atoms with van der Waals surface area (Å²) in [7, 11) is 1.79. The van der Waals surface area contributed by atoms with Gasteiger partial charge in [-0.15, -0.1) is 0 Å². The van der Waals surface area contributed by atoms with Gasteiger partial charge in [-0.3, -0.25) is 0 Å². The van der Waals surface area contributed by atoms with Crippen LogP contribution in [0.3, 0.4) is 0 Å². The van der Waals surface area contributed by atoms with Crippen molar-refractivity contribution >= 4 is 6.09 Å². The molecule has 1 heterocycles. The highest BCUT2D eigenvalue weighted by Crippen LogP contribution is 2.17. The fraction of sp³-hybridized carbons (Fsp3) is 0.941. The lowest BCUT2D eigenvalue weighted by molar-refractivity contribution is -0.00320. The van der Waals surface area contributed by atoms with Crippen LogP contribution in [0.15, 0.2) is 0 Å². The third-order valence-electron chi connectivity index (χ3n) is 3.79. The average molecular weight is 314 g/mol. The minimum Gasteiger partial charge on any atom is -0.444 e. The predicted octanol–water partition coefficient (Wildman–Crippen LogP) is 3.18. The second-order valence-electron chi connectivity index (χ2n) is 7.21. The summed E-state index contributed by atoms with van der Waals surface area (Å²) in [6, 6.07) is 0.553. The minimum absolute atomic E-state index is 0.249. The van der Waals surface area contributed by atoms with Crippen molar-refractivity contribution in [3.63, 3.8) is 0 Å². The molecule has 0 spiro atoms. The molecule has 2 unspecified atom stereocenters. The highest BCUT2D eigenvalue weighted by atomic mass is 16.6. The summed E-state index contributed by atoms with van der Waals surface area (Å²) in [5, 5.41) is 3.59. The van der Waals surface area contributed by atoms with Gasteiger partial charge in [-0.1, -0.05) is 13.3 Å². The van der Waals surface area contributed by atoms with Crippen LogP contribution in [0.1, 0.15) is 59.8 Å². The number of carbonyl (C=O) groups excluding carboxylic acids is 1. The van der Waals surface area contributed by atoms with Crippen molar-refractivity contribution in [2.24, 2.45) is 0 Å². The van der Waals surface area contributed by atoms with Crippen LogP contribution in [0.2, 0.25) is 0 Å². The van der Waals surface area contributed by atoms with Gasteiger partial charge in [0.1, 0.15) is 5.60 Å². The highest BCUT2D eigenvalue weighted by molar-refractivity contribution is 5.67. The van der Waals surface area contributed by atoms with Gasteiger partial charge in [0, 0.05) is 26.2 Å². The molecule has 1 aliphatic heterocycles. The maximum Gasteiger partial charge on any atom is 0.410 e. The molecule has 1 amide bonds.